The Hall–Kier alpha value is -2.62. The zero-order chi connectivity index (χ0) is 25.8. The molecule has 2 atom stereocenters. The predicted octanol–water partition coefficient (Wildman–Crippen LogP) is 5.15. The minimum atomic E-state index is -4.66. The van der Waals surface area contributed by atoms with Gasteiger partial charge in [0.25, 0.3) is 0 Å². The summed E-state index contributed by atoms with van der Waals surface area (Å²) in [5.74, 6) is -1.46. The van der Waals surface area contributed by atoms with Gasteiger partial charge in [-0.2, -0.15) is 18.3 Å². The van der Waals surface area contributed by atoms with Crippen LogP contribution in [0.4, 0.5) is 17.6 Å². The molecule has 1 aliphatic heterocycles. The number of amides is 1. The standard InChI is InChI=1S/C25H26ClF4N3O3/c26-17-4-3-15(20(27)9-17)11-33-21-12-32(6-5-18(21)23(31-33)25(28,29)30)22(34)10-19-13-1-2-14(19)8-16(7-13)24(35)36/h3-4,9,13-14,16,19H,1-2,5-8,10-12H2,(H,35,36). The summed E-state index contributed by atoms with van der Waals surface area (Å²) >= 11 is 5.80. The topological polar surface area (TPSA) is 75.4 Å². The average Bonchev–Trinajstić information content (AvgIpc) is 3.27. The maximum atomic E-state index is 14.4. The number of benzene rings is 1. The average molecular weight is 528 g/mol. The van der Waals surface area contributed by atoms with Crippen LogP contribution >= 0.6 is 11.6 Å². The van der Waals surface area contributed by atoms with Gasteiger partial charge < -0.3 is 10.0 Å². The van der Waals surface area contributed by atoms with E-state index in [1.54, 1.807) is 4.90 Å². The van der Waals surface area contributed by atoms with Gasteiger partial charge >= 0.3 is 12.1 Å². The van der Waals surface area contributed by atoms with Gasteiger partial charge in [-0.1, -0.05) is 17.7 Å². The Kier molecular flexibility index (Phi) is 6.51. The van der Waals surface area contributed by atoms with Gasteiger partial charge in [0.05, 0.1) is 24.7 Å². The fourth-order valence-corrected chi connectivity index (χ4v) is 6.54. The number of alkyl halides is 3. The highest BCUT2D eigenvalue weighted by molar-refractivity contribution is 6.30. The zero-order valence-corrected chi connectivity index (χ0v) is 20.2. The van der Waals surface area contributed by atoms with Crippen LogP contribution in [0.25, 0.3) is 0 Å². The van der Waals surface area contributed by atoms with E-state index in [0.29, 0.717) is 12.8 Å². The largest absolute Gasteiger partial charge is 0.481 e. The molecule has 1 aromatic heterocycles. The van der Waals surface area contributed by atoms with Crippen molar-refractivity contribution in [2.75, 3.05) is 6.54 Å². The molecule has 0 spiro atoms. The van der Waals surface area contributed by atoms with Crippen molar-refractivity contribution >= 4 is 23.5 Å². The second-order valence-corrected chi connectivity index (χ2v) is 10.6. The van der Waals surface area contributed by atoms with Crippen LogP contribution in [0.15, 0.2) is 18.2 Å². The van der Waals surface area contributed by atoms with E-state index < -0.39 is 23.7 Å². The lowest BCUT2D eigenvalue weighted by Crippen LogP contribution is -2.40. The fourth-order valence-electron chi connectivity index (χ4n) is 6.38. The number of carbonyl (C=O) groups is 2. The Morgan fingerprint density at radius 1 is 1.17 bits per heavy atom. The maximum absolute atomic E-state index is 14.4. The third-order valence-electron chi connectivity index (χ3n) is 8.15. The van der Waals surface area contributed by atoms with E-state index in [1.807, 2.05) is 0 Å². The Morgan fingerprint density at radius 3 is 2.47 bits per heavy atom. The van der Waals surface area contributed by atoms with Crippen LogP contribution in [0, 0.1) is 29.5 Å². The first-order valence-corrected chi connectivity index (χ1v) is 12.5. The molecule has 1 aromatic carbocycles. The lowest BCUT2D eigenvalue weighted by molar-refractivity contribution is -0.144. The summed E-state index contributed by atoms with van der Waals surface area (Å²) in [5.41, 5.74) is -0.547. The molecule has 2 aliphatic carbocycles. The molecule has 2 saturated carbocycles. The molecule has 194 valence electrons. The SMILES string of the molecule is O=C(O)C1CC2CCC(C1)C2CC(=O)N1CCc2c(C(F)(F)F)nn(Cc3ccc(Cl)cc3F)c2C1. The first-order chi connectivity index (χ1) is 17.0. The highest BCUT2D eigenvalue weighted by Crippen LogP contribution is 2.50. The quantitative estimate of drug-likeness (QED) is 0.545. The van der Waals surface area contributed by atoms with Crippen molar-refractivity contribution in [1.82, 2.24) is 14.7 Å². The van der Waals surface area contributed by atoms with Crippen molar-refractivity contribution in [2.45, 2.75) is 57.8 Å². The Bertz CT molecular complexity index is 1180. The lowest BCUT2D eigenvalue weighted by Gasteiger charge is -2.35. The van der Waals surface area contributed by atoms with Crippen LogP contribution < -0.4 is 0 Å². The first kappa shape index (κ1) is 25.0. The second-order valence-electron chi connectivity index (χ2n) is 10.2. The molecule has 3 aliphatic rings. The number of rotatable bonds is 5. The van der Waals surface area contributed by atoms with Crippen molar-refractivity contribution in [3.8, 4) is 0 Å². The van der Waals surface area contributed by atoms with Gasteiger partial charge in [-0.15, -0.1) is 0 Å². The number of hydrogen-bond acceptors (Lipinski definition) is 3. The van der Waals surface area contributed by atoms with Crippen LogP contribution in [0.2, 0.25) is 5.02 Å². The predicted molar refractivity (Wildman–Crippen MR) is 122 cm³/mol. The van der Waals surface area contributed by atoms with Crippen molar-refractivity contribution in [3.05, 3.63) is 51.6 Å². The summed E-state index contributed by atoms with van der Waals surface area (Å²) in [7, 11) is 0. The molecule has 36 heavy (non-hydrogen) atoms. The number of aromatic nitrogens is 2. The van der Waals surface area contributed by atoms with Gasteiger partial charge in [0.1, 0.15) is 5.82 Å². The zero-order valence-electron chi connectivity index (χ0n) is 19.4. The highest BCUT2D eigenvalue weighted by Gasteiger charge is 2.46. The van der Waals surface area contributed by atoms with Crippen LogP contribution in [-0.4, -0.2) is 38.2 Å². The van der Waals surface area contributed by atoms with Crippen LogP contribution in [-0.2, 0) is 35.3 Å². The third kappa shape index (κ3) is 4.71. The molecule has 2 heterocycles. The molecule has 6 nitrogen and oxygen atoms in total. The van der Waals surface area contributed by atoms with Gasteiger partial charge in [0.15, 0.2) is 5.69 Å². The molecular weight excluding hydrogens is 502 g/mol. The number of aliphatic carboxylic acids is 1. The van der Waals surface area contributed by atoms with Crippen molar-refractivity contribution in [3.63, 3.8) is 0 Å². The first-order valence-electron chi connectivity index (χ1n) is 12.1. The maximum Gasteiger partial charge on any atom is 0.435 e. The lowest BCUT2D eigenvalue weighted by atomic mass is 9.72. The molecule has 1 N–H and O–H groups in total. The Morgan fingerprint density at radius 2 is 1.86 bits per heavy atom. The van der Waals surface area contributed by atoms with Gasteiger partial charge in [-0.25, -0.2) is 4.39 Å². The number of carboxylic acids is 1. The molecule has 2 fully saturated rings. The molecule has 0 saturated heterocycles. The second kappa shape index (κ2) is 9.36. The number of fused-ring (bicyclic) bond motifs is 3. The smallest absolute Gasteiger partial charge is 0.435 e. The Balaban J connectivity index is 1.36. The molecule has 2 bridgehead atoms. The normalized spacial score (nSPS) is 25.6. The molecule has 2 unspecified atom stereocenters. The van der Waals surface area contributed by atoms with Crippen LogP contribution in [0.5, 0.6) is 0 Å². The number of hydrogen-bond donors (Lipinski definition) is 1. The summed E-state index contributed by atoms with van der Waals surface area (Å²) in [5, 5.41) is 13.4. The summed E-state index contributed by atoms with van der Waals surface area (Å²) in [6.45, 7) is -0.102. The summed E-state index contributed by atoms with van der Waals surface area (Å²) in [6, 6.07) is 3.97. The van der Waals surface area contributed by atoms with E-state index in [-0.39, 0.29) is 83.9 Å². The number of halogens is 5. The van der Waals surface area contributed by atoms with Gasteiger partial charge in [-0.05, 0) is 62.0 Å². The van der Waals surface area contributed by atoms with Gasteiger partial charge in [0.2, 0.25) is 5.91 Å². The van der Waals surface area contributed by atoms with E-state index in [0.717, 1.165) is 23.6 Å². The minimum Gasteiger partial charge on any atom is -0.481 e. The van der Waals surface area contributed by atoms with E-state index in [4.69, 9.17) is 11.6 Å². The van der Waals surface area contributed by atoms with E-state index in [2.05, 4.69) is 5.10 Å². The van der Waals surface area contributed by atoms with Crippen LogP contribution in [0.3, 0.4) is 0 Å². The minimum absolute atomic E-state index is 0.0115. The van der Waals surface area contributed by atoms with E-state index in [1.165, 1.54) is 12.1 Å². The molecular formula is C25H26ClF4N3O3. The molecule has 11 heteroatoms. The molecule has 0 radical (unpaired) electrons. The molecule has 2 aromatic rings. The summed E-state index contributed by atoms with van der Waals surface area (Å²) < 4.78 is 56.7. The third-order valence-corrected chi connectivity index (χ3v) is 8.38. The van der Waals surface area contributed by atoms with E-state index in [9.17, 15) is 32.3 Å². The molecule has 5 rings (SSSR count). The summed E-state index contributed by atoms with van der Waals surface area (Å²) in [4.78, 5) is 26.3. The Labute approximate surface area is 210 Å². The monoisotopic (exact) mass is 527 g/mol. The van der Waals surface area contributed by atoms with Crippen molar-refractivity contribution < 1.29 is 32.3 Å². The number of carboxylic acid groups (broad SMARTS) is 1. The highest BCUT2D eigenvalue weighted by atomic mass is 35.5. The van der Waals surface area contributed by atoms with Crippen molar-refractivity contribution in [2.24, 2.45) is 23.7 Å². The number of nitrogens with zero attached hydrogens (tertiary/aromatic N) is 3. The number of carbonyl (C=O) groups excluding carboxylic acids is 1. The molecule has 1 amide bonds. The van der Waals surface area contributed by atoms with Gasteiger partial charge in [0, 0.05) is 29.1 Å². The van der Waals surface area contributed by atoms with Crippen molar-refractivity contribution in [1.29, 1.82) is 0 Å². The summed E-state index contributed by atoms with van der Waals surface area (Å²) in [6.07, 6.45) is -1.43. The van der Waals surface area contributed by atoms with Crippen LogP contribution in [0.1, 0.15) is 54.6 Å². The van der Waals surface area contributed by atoms with E-state index >= 15 is 0 Å². The van der Waals surface area contributed by atoms with Gasteiger partial charge in [-0.3, -0.25) is 14.3 Å². The fraction of sp³-hybridized carbons (Fsp3) is 0.560.